The van der Waals surface area contributed by atoms with Crippen LogP contribution in [-0.2, 0) is 17.5 Å². The van der Waals surface area contributed by atoms with E-state index in [9.17, 15) is 13.2 Å². The number of ether oxygens (including phenoxy) is 1. The van der Waals surface area contributed by atoms with Gasteiger partial charge in [0, 0.05) is 25.1 Å². The second-order valence-corrected chi connectivity index (χ2v) is 6.31. The molecule has 4 rings (SSSR count). The molecule has 12 heteroatoms. The molecule has 8 nitrogen and oxygen atoms in total. The van der Waals surface area contributed by atoms with Crippen LogP contribution in [0.1, 0.15) is 5.89 Å². The Labute approximate surface area is 166 Å². The molecule has 0 bridgehead atoms. The highest BCUT2D eigenvalue weighted by atomic mass is 35.5. The Morgan fingerprint density at radius 3 is 2.72 bits per heavy atom. The van der Waals surface area contributed by atoms with E-state index < -0.39 is 12.1 Å². The summed E-state index contributed by atoms with van der Waals surface area (Å²) < 4.78 is 49.2. The minimum Gasteiger partial charge on any atom is -0.383 e. The topological polar surface area (TPSA) is 91.8 Å². The van der Waals surface area contributed by atoms with Crippen molar-refractivity contribution in [1.29, 1.82) is 0 Å². The number of hydrogen-bond acceptors (Lipinski definition) is 7. The molecule has 0 aliphatic heterocycles. The Morgan fingerprint density at radius 2 is 2.00 bits per heavy atom. The lowest BCUT2D eigenvalue weighted by atomic mass is 10.1. The fraction of sp³-hybridized carbons (Fsp3) is 0.235. The van der Waals surface area contributed by atoms with Gasteiger partial charge in [0.15, 0.2) is 0 Å². The molecule has 150 valence electrons. The number of nitrogens with zero attached hydrogens (tertiary/aromatic N) is 6. The van der Waals surface area contributed by atoms with Crippen molar-refractivity contribution < 1.29 is 22.4 Å². The maximum absolute atomic E-state index is 12.7. The third kappa shape index (κ3) is 3.66. The predicted molar refractivity (Wildman–Crippen MR) is 95.9 cm³/mol. The van der Waals surface area contributed by atoms with Crippen molar-refractivity contribution in [2.24, 2.45) is 0 Å². The average Bonchev–Trinajstić information content (AvgIpc) is 3.32. The Bertz CT molecular complexity index is 1170. The summed E-state index contributed by atoms with van der Waals surface area (Å²) in [5.41, 5.74) is 2.18. The molecule has 0 spiro atoms. The van der Waals surface area contributed by atoms with Gasteiger partial charge in [-0.25, -0.2) is 0 Å². The molecule has 0 aliphatic rings. The van der Waals surface area contributed by atoms with Crippen LogP contribution >= 0.6 is 11.6 Å². The lowest BCUT2D eigenvalue weighted by Crippen LogP contribution is -2.06. The van der Waals surface area contributed by atoms with Crippen LogP contribution in [0.3, 0.4) is 0 Å². The van der Waals surface area contributed by atoms with Crippen LogP contribution in [0.2, 0.25) is 5.02 Å². The standard InChI is InChI=1S/C17H12ClF3N6O2/c1-28-7-6-27-14-10(18)3-5-23-13(14)12(25-27)11-8-9(2-4-22-11)15-24-16(29-26-15)17(19,20)21/h2-5,8H,6-7H2,1H3. The van der Waals surface area contributed by atoms with E-state index in [1.54, 1.807) is 17.9 Å². The quantitative estimate of drug-likeness (QED) is 0.480. The number of methoxy groups -OCH3 is 1. The second kappa shape index (κ2) is 7.41. The first kappa shape index (κ1) is 19.3. The molecule has 0 unspecified atom stereocenters. The number of rotatable bonds is 5. The van der Waals surface area contributed by atoms with Gasteiger partial charge in [0.1, 0.15) is 16.7 Å². The lowest BCUT2D eigenvalue weighted by molar-refractivity contribution is -0.159. The first-order chi connectivity index (χ1) is 13.9. The van der Waals surface area contributed by atoms with Gasteiger partial charge in [0.2, 0.25) is 5.82 Å². The molecule has 0 fully saturated rings. The summed E-state index contributed by atoms with van der Waals surface area (Å²) in [5, 5.41) is 8.37. The maximum Gasteiger partial charge on any atom is 0.471 e. The summed E-state index contributed by atoms with van der Waals surface area (Å²) in [6.07, 6.45) is -1.77. The largest absolute Gasteiger partial charge is 0.471 e. The van der Waals surface area contributed by atoms with Crippen molar-refractivity contribution in [2.45, 2.75) is 12.7 Å². The van der Waals surface area contributed by atoms with Crippen LogP contribution in [0.5, 0.6) is 0 Å². The highest BCUT2D eigenvalue weighted by Gasteiger charge is 2.38. The smallest absolute Gasteiger partial charge is 0.383 e. The number of aromatic nitrogens is 6. The zero-order valence-electron chi connectivity index (χ0n) is 14.8. The molecule has 0 N–H and O–H groups in total. The third-order valence-electron chi connectivity index (χ3n) is 4.01. The van der Waals surface area contributed by atoms with E-state index in [2.05, 4.69) is 29.7 Å². The zero-order valence-corrected chi connectivity index (χ0v) is 15.6. The van der Waals surface area contributed by atoms with Crippen LogP contribution in [0.15, 0.2) is 35.1 Å². The Balaban J connectivity index is 1.80. The summed E-state index contributed by atoms with van der Waals surface area (Å²) in [6.45, 7) is 0.829. The molecule has 4 heterocycles. The Morgan fingerprint density at radius 1 is 1.21 bits per heavy atom. The van der Waals surface area contributed by atoms with Crippen molar-refractivity contribution in [3.8, 4) is 22.8 Å². The van der Waals surface area contributed by atoms with E-state index in [-0.39, 0.29) is 11.4 Å². The van der Waals surface area contributed by atoms with E-state index in [4.69, 9.17) is 16.3 Å². The maximum atomic E-state index is 12.7. The highest BCUT2D eigenvalue weighted by molar-refractivity contribution is 6.35. The fourth-order valence-corrected chi connectivity index (χ4v) is 2.98. The van der Waals surface area contributed by atoms with Gasteiger partial charge in [0.25, 0.3) is 0 Å². The summed E-state index contributed by atoms with van der Waals surface area (Å²) in [4.78, 5) is 12.0. The lowest BCUT2D eigenvalue weighted by Gasteiger charge is -2.02. The first-order valence-corrected chi connectivity index (χ1v) is 8.64. The average molecular weight is 425 g/mol. The Hall–Kier alpha value is -3.05. The molecule has 4 aromatic heterocycles. The van der Waals surface area contributed by atoms with E-state index in [1.165, 1.54) is 24.5 Å². The van der Waals surface area contributed by atoms with E-state index >= 15 is 0 Å². The molecular weight excluding hydrogens is 413 g/mol. The Kier molecular flexibility index (Phi) is 4.92. The van der Waals surface area contributed by atoms with Gasteiger partial charge in [-0.05, 0) is 18.2 Å². The van der Waals surface area contributed by atoms with E-state index in [0.717, 1.165) is 0 Å². The monoisotopic (exact) mass is 424 g/mol. The molecular formula is C17H12ClF3N6O2. The number of halogens is 4. The number of fused-ring (bicyclic) bond motifs is 1. The first-order valence-electron chi connectivity index (χ1n) is 8.26. The van der Waals surface area contributed by atoms with Gasteiger partial charge in [-0.15, -0.1) is 0 Å². The van der Waals surface area contributed by atoms with Crippen molar-refractivity contribution >= 4 is 22.6 Å². The number of pyridine rings is 2. The third-order valence-corrected chi connectivity index (χ3v) is 4.32. The van der Waals surface area contributed by atoms with Crippen LogP contribution in [0.25, 0.3) is 33.8 Å². The van der Waals surface area contributed by atoms with E-state index in [0.29, 0.717) is 40.6 Å². The fourth-order valence-electron chi connectivity index (χ4n) is 2.73. The van der Waals surface area contributed by atoms with Gasteiger partial charge in [-0.3, -0.25) is 14.6 Å². The van der Waals surface area contributed by atoms with Crippen LogP contribution < -0.4 is 0 Å². The normalized spacial score (nSPS) is 12.0. The molecule has 0 radical (unpaired) electrons. The number of alkyl halides is 3. The van der Waals surface area contributed by atoms with Crippen molar-refractivity contribution in [1.82, 2.24) is 29.9 Å². The van der Waals surface area contributed by atoms with Crippen molar-refractivity contribution in [3.05, 3.63) is 41.5 Å². The molecule has 4 aromatic rings. The van der Waals surface area contributed by atoms with Crippen LogP contribution in [0.4, 0.5) is 13.2 Å². The summed E-state index contributed by atoms with van der Waals surface area (Å²) >= 11 is 6.31. The van der Waals surface area contributed by atoms with Gasteiger partial charge in [0.05, 0.1) is 23.9 Å². The second-order valence-electron chi connectivity index (χ2n) is 5.91. The number of hydrogen-bond donors (Lipinski definition) is 0. The minimum absolute atomic E-state index is 0.213. The van der Waals surface area contributed by atoms with Crippen molar-refractivity contribution in [2.75, 3.05) is 13.7 Å². The SMILES string of the molecule is COCCn1nc(-c2cc(-c3noc(C(F)(F)F)n3)ccn2)c2nccc(Cl)c21. The molecule has 0 aromatic carbocycles. The van der Waals surface area contributed by atoms with Crippen molar-refractivity contribution in [3.63, 3.8) is 0 Å². The minimum atomic E-state index is -4.72. The summed E-state index contributed by atoms with van der Waals surface area (Å²) in [5.74, 6) is -1.64. The van der Waals surface area contributed by atoms with Crippen LogP contribution in [0, 0.1) is 0 Å². The molecule has 0 saturated carbocycles. The molecule has 29 heavy (non-hydrogen) atoms. The summed E-state index contributed by atoms with van der Waals surface area (Å²) in [6, 6.07) is 4.62. The highest BCUT2D eigenvalue weighted by Crippen LogP contribution is 2.32. The van der Waals surface area contributed by atoms with Gasteiger partial charge >= 0.3 is 12.1 Å². The predicted octanol–water partition coefficient (Wildman–Crippen LogP) is 3.86. The van der Waals surface area contributed by atoms with Crippen LogP contribution in [-0.4, -0.2) is 43.6 Å². The molecule has 0 saturated heterocycles. The zero-order chi connectivity index (χ0) is 20.6. The summed E-state index contributed by atoms with van der Waals surface area (Å²) in [7, 11) is 1.57. The molecule has 0 amide bonds. The van der Waals surface area contributed by atoms with Gasteiger partial charge < -0.3 is 9.26 Å². The molecule has 0 atom stereocenters. The molecule has 0 aliphatic carbocycles. The van der Waals surface area contributed by atoms with Gasteiger partial charge in [-0.1, -0.05) is 16.8 Å². The van der Waals surface area contributed by atoms with E-state index in [1.807, 2.05) is 0 Å². The van der Waals surface area contributed by atoms with Gasteiger partial charge in [-0.2, -0.15) is 23.3 Å².